The minimum atomic E-state index is -0.391. The van der Waals surface area contributed by atoms with Gasteiger partial charge in [0.05, 0.1) is 7.11 Å². The van der Waals surface area contributed by atoms with E-state index in [1.165, 1.54) is 32.4 Å². The van der Waals surface area contributed by atoms with Crippen LogP contribution in [0.3, 0.4) is 0 Å². The molecule has 0 atom stereocenters. The summed E-state index contributed by atoms with van der Waals surface area (Å²) in [6.07, 6.45) is 5.62. The molecule has 0 heterocycles. The van der Waals surface area contributed by atoms with Gasteiger partial charge in [0.15, 0.2) is 17.3 Å². The quantitative estimate of drug-likeness (QED) is 0.872. The third-order valence-electron chi connectivity index (χ3n) is 4.17. The first-order valence-corrected chi connectivity index (χ1v) is 6.72. The second-order valence-electron chi connectivity index (χ2n) is 5.15. The zero-order valence-electron chi connectivity index (χ0n) is 11.1. The van der Waals surface area contributed by atoms with E-state index >= 15 is 0 Å². The molecule has 2 nitrogen and oxygen atoms in total. The molecule has 0 unspecified atom stereocenters. The first-order valence-electron chi connectivity index (χ1n) is 6.72. The van der Waals surface area contributed by atoms with Crippen molar-refractivity contribution in [3.05, 3.63) is 23.5 Å². The predicted molar refractivity (Wildman–Crippen MR) is 69.6 cm³/mol. The Balaban J connectivity index is 2.19. The molecule has 1 N–H and O–H groups in total. The third-order valence-corrected chi connectivity index (χ3v) is 4.17. The predicted octanol–water partition coefficient (Wildman–Crippen LogP) is 4.22. The molecule has 0 radical (unpaired) electrons. The highest BCUT2D eigenvalue weighted by Crippen LogP contribution is 2.41. The first-order chi connectivity index (χ1) is 8.67. The Morgan fingerprint density at radius 1 is 1.28 bits per heavy atom. The molecule has 18 heavy (non-hydrogen) atoms. The summed E-state index contributed by atoms with van der Waals surface area (Å²) in [5.74, 6) is 0.522. The van der Waals surface area contributed by atoms with Gasteiger partial charge < -0.3 is 9.84 Å². The van der Waals surface area contributed by atoms with Crippen LogP contribution in [0.2, 0.25) is 0 Å². The molecule has 0 bridgehead atoms. The maximum Gasteiger partial charge on any atom is 0.196 e. The van der Waals surface area contributed by atoms with Crippen molar-refractivity contribution in [2.45, 2.75) is 44.9 Å². The fourth-order valence-corrected chi connectivity index (χ4v) is 2.95. The van der Waals surface area contributed by atoms with Crippen LogP contribution in [0, 0.1) is 11.7 Å². The van der Waals surface area contributed by atoms with E-state index in [0.29, 0.717) is 5.56 Å². The fraction of sp³-hybridized carbons (Fsp3) is 0.600. The Morgan fingerprint density at radius 2 is 1.94 bits per heavy atom. The van der Waals surface area contributed by atoms with Gasteiger partial charge >= 0.3 is 0 Å². The van der Waals surface area contributed by atoms with Crippen LogP contribution in [0.15, 0.2) is 12.1 Å². The van der Waals surface area contributed by atoms with Gasteiger partial charge in [-0.05, 0) is 49.1 Å². The van der Waals surface area contributed by atoms with Gasteiger partial charge in [0.2, 0.25) is 0 Å². The van der Waals surface area contributed by atoms with Crippen LogP contribution >= 0.6 is 0 Å². The lowest BCUT2D eigenvalue weighted by atomic mass is 9.77. The summed E-state index contributed by atoms with van der Waals surface area (Å²) in [6, 6.07) is 3.23. The van der Waals surface area contributed by atoms with Crippen molar-refractivity contribution in [2.24, 2.45) is 5.92 Å². The van der Waals surface area contributed by atoms with Crippen molar-refractivity contribution in [3.63, 3.8) is 0 Å². The number of methoxy groups -OCH3 is 1. The van der Waals surface area contributed by atoms with Crippen molar-refractivity contribution in [1.82, 2.24) is 0 Å². The highest BCUT2D eigenvalue weighted by Gasteiger charge is 2.25. The van der Waals surface area contributed by atoms with Gasteiger partial charge in [-0.3, -0.25) is 0 Å². The van der Waals surface area contributed by atoms with Gasteiger partial charge in [-0.25, -0.2) is 4.39 Å². The lowest BCUT2D eigenvalue weighted by Crippen LogP contribution is -2.14. The standard InChI is InChI=1S/C15H21FO2/c1-3-10-4-6-11(7-5-10)12-8-9-13(17)15(18-2)14(12)16/h8-11,17H,3-7H2,1-2H3/t10-,11-. The van der Waals surface area contributed by atoms with E-state index in [1.54, 1.807) is 6.07 Å². The minimum absolute atomic E-state index is 0.0230. The van der Waals surface area contributed by atoms with Crippen LogP contribution < -0.4 is 4.74 Å². The number of aromatic hydroxyl groups is 1. The Hall–Kier alpha value is -1.25. The molecule has 1 aromatic carbocycles. The summed E-state index contributed by atoms with van der Waals surface area (Å²) < 4.78 is 19.1. The van der Waals surface area contributed by atoms with Crippen LogP contribution in [0.4, 0.5) is 4.39 Å². The molecule has 2 rings (SSSR count). The topological polar surface area (TPSA) is 29.5 Å². The Kier molecular flexibility index (Phi) is 4.10. The average molecular weight is 252 g/mol. The lowest BCUT2D eigenvalue weighted by Gasteiger charge is -2.28. The second-order valence-corrected chi connectivity index (χ2v) is 5.15. The van der Waals surface area contributed by atoms with Crippen molar-refractivity contribution in [2.75, 3.05) is 7.11 Å². The largest absolute Gasteiger partial charge is 0.504 e. The van der Waals surface area contributed by atoms with Gasteiger partial charge in [-0.15, -0.1) is 0 Å². The highest BCUT2D eigenvalue weighted by atomic mass is 19.1. The van der Waals surface area contributed by atoms with Crippen LogP contribution in [-0.2, 0) is 0 Å². The number of ether oxygens (including phenoxy) is 1. The smallest absolute Gasteiger partial charge is 0.196 e. The molecule has 3 heteroatoms. The third kappa shape index (κ3) is 2.45. The maximum atomic E-state index is 14.2. The van der Waals surface area contributed by atoms with E-state index in [1.807, 2.05) is 0 Å². The Labute approximate surface area is 108 Å². The molecule has 0 aromatic heterocycles. The molecule has 100 valence electrons. The SMILES string of the molecule is CC[C@H]1CC[C@H](c2ccc(O)c(OC)c2F)CC1. The van der Waals surface area contributed by atoms with Crippen molar-refractivity contribution in [1.29, 1.82) is 0 Å². The molecule has 0 amide bonds. The van der Waals surface area contributed by atoms with Crippen molar-refractivity contribution >= 4 is 0 Å². The monoisotopic (exact) mass is 252 g/mol. The summed E-state index contributed by atoms with van der Waals surface area (Å²) in [7, 11) is 1.38. The van der Waals surface area contributed by atoms with Gasteiger partial charge in [0.25, 0.3) is 0 Å². The summed E-state index contributed by atoms with van der Waals surface area (Å²) >= 11 is 0. The average Bonchev–Trinajstić information content (AvgIpc) is 2.40. The number of phenols is 1. The zero-order chi connectivity index (χ0) is 13.1. The molecule has 1 fully saturated rings. The van der Waals surface area contributed by atoms with Crippen LogP contribution in [0.5, 0.6) is 11.5 Å². The first kappa shape index (κ1) is 13.2. The Bertz CT molecular complexity index is 409. The van der Waals surface area contributed by atoms with E-state index in [-0.39, 0.29) is 17.4 Å². The summed E-state index contributed by atoms with van der Waals surface area (Å²) in [4.78, 5) is 0. The van der Waals surface area contributed by atoms with Crippen molar-refractivity contribution in [3.8, 4) is 11.5 Å². The molecule has 1 saturated carbocycles. The molecule has 1 aliphatic rings. The normalized spacial score (nSPS) is 23.9. The van der Waals surface area contributed by atoms with Crippen LogP contribution in [0.25, 0.3) is 0 Å². The van der Waals surface area contributed by atoms with Gasteiger partial charge in [-0.1, -0.05) is 19.4 Å². The fourth-order valence-electron chi connectivity index (χ4n) is 2.95. The van der Waals surface area contributed by atoms with Crippen LogP contribution in [-0.4, -0.2) is 12.2 Å². The van der Waals surface area contributed by atoms with E-state index in [4.69, 9.17) is 4.74 Å². The van der Waals surface area contributed by atoms with Gasteiger partial charge in [0, 0.05) is 0 Å². The molecular formula is C15H21FO2. The molecule has 0 spiro atoms. The van der Waals surface area contributed by atoms with E-state index in [9.17, 15) is 9.50 Å². The van der Waals surface area contributed by atoms with Gasteiger partial charge in [-0.2, -0.15) is 0 Å². The second kappa shape index (κ2) is 5.59. The number of hydrogen-bond donors (Lipinski definition) is 1. The highest BCUT2D eigenvalue weighted by molar-refractivity contribution is 5.44. The number of hydrogen-bond acceptors (Lipinski definition) is 2. The number of halogens is 1. The lowest BCUT2D eigenvalue weighted by molar-refractivity contribution is 0.308. The number of benzene rings is 1. The number of rotatable bonds is 3. The maximum absolute atomic E-state index is 14.2. The summed E-state index contributed by atoms with van der Waals surface area (Å²) in [5.41, 5.74) is 0.694. The van der Waals surface area contributed by atoms with E-state index < -0.39 is 5.82 Å². The minimum Gasteiger partial charge on any atom is -0.504 e. The van der Waals surface area contributed by atoms with E-state index in [0.717, 1.165) is 18.8 Å². The molecular weight excluding hydrogens is 231 g/mol. The van der Waals surface area contributed by atoms with Gasteiger partial charge in [0.1, 0.15) is 0 Å². The number of phenolic OH excluding ortho intramolecular Hbond substituents is 1. The van der Waals surface area contributed by atoms with Crippen LogP contribution in [0.1, 0.15) is 50.5 Å². The molecule has 1 aliphatic carbocycles. The van der Waals surface area contributed by atoms with E-state index in [2.05, 4.69) is 6.92 Å². The molecule has 0 saturated heterocycles. The molecule has 1 aromatic rings. The molecule has 0 aliphatic heterocycles. The zero-order valence-corrected chi connectivity index (χ0v) is 11.1. The van der Waals surface area contributed by atoms with Crippen molar-refractivity contribution < 1.29 is 14.2 Å². The summed E-state index contributed by atoms with van der Waals surface area (Å²) in [6.45, 7) is 2.22. The Morgan fingerprint density at radius 3 is 2.50 bits per heavy atom. The summed E-state index contributed by atoms with van der Waals surface area (Å²) in [5, 5.41) is 9.53.